The summed E-state index contributed by atoms with van der Waals surface area (Å²) < 4.78 is 5.34. The van der Waals surface area contributed by atoms with Crippen molar-refractivity contribution in [1.29, 1.82) is 0 Å². The van der Waals surface area contributed by atoms with Crippen LogP contribution in [-0.4, -0.2) is 12.2 Å². The number of ether oxygens (including phenoxy) is 1. The zero-order chi connectivity index (χ0) is 14.8. The van der Waals surface area contributed by atoms with Gasteiger partial charge in [0.1, 0.15) is 11.9 Å². The van der Waals surface area contributed by atoms with Gasteiger partial charge in [-0.3, -0.25) is 0 Å². The van der Waals surface area contributed by atoms with Crippen LogP contribution in [0.3, 0.4) is 0 Å². The predicted octanol–water partition coefficient (Wildman–Crippen LogP) is 4.31. The molecule has 0 saturated heterocycles. The monoisotopic (exact) mass is 302 g/mol. The lowest BCUT2D eigenvalue weighted by atomic mass is 9.88. The van der Waals surface area contributed by atoms with Gasteiger partial charge in [0.05, 0.1) is 7.11 Å². The first-order chi connectivity index (χ1) is 10.2. The van der Waals surface area contributed by atoms with Gasteiger partial charge in [-0.05, 0) is 60.6 Å². The van der Waals surface area contributed by atoms with Crippen LogP contribution in [0.25, 0.3) is 0 Å². The zero-order valence-corrected chi connectivity index (χ0v) is 12.9. The Labute approximate surface area is 130 Å². The molecule has 0 radical (unpaired) electrons. The molecule has 1 N–H and O–H groups in total. The first-order valence-corrected chi connectivity index (χ1v) is 7.70. The van der Waals surface area contributed by atoms with Gasteiger partial charge in [0.15, 0.2) is 0 Å². The fourth-order valence-electron chi connectivity index (χ4n) is 3.02. The SMILES string of the molecule is COc1ccc(Cl)cc1C(O)c1ccc2c(c1)CCCC2. The van der Waals surface area contributed by atoms with Gasteiger partial charge < -0.3 is 9.84 Å². The molecule has 0 aliphatic heterocycles. The van der Waals surface area contributed by atoms with Crippen LogP contribution in [0.4, 0.5) is 0 Å². The van der Waals surface area contributed by atoms with E-state index in [1.54, 1.807) is 25.3 Å². The highest BCUT2D eigenvalue weighted by Gasteiger charge is 2.18. The van der Waals surface area contributed by atoms with Crippen LogP contribution in [0, 0.1) is 0 Å². The molecule has 0 bridgehead atoms. The van der Waals surface area contributed by atoms with E-state index in [-0.39, 0.29) is 0 Å². The number of rotatable bonds is 3. The minimum atomic E-state index is -0.717. The van der Waals surface area contributed by atoms with Gasteiger partial charge in [0.2, 0.25) is 0 Å². The molecule has 21 heavy (non-hydrogen) atoms. The van der Waals surface area contributed by atoms with Gasteiger partial charge in [-0.1, -0.05) is 29.8 Å². The molecule has 2 aromatic carbocycles. The van der Waals surface area contributed by atoms with E-state index in [1.165, 1.54) is 24.0 Å². The number of aryl methyl sites for hydroxylation is 2. The molecule has 0 spiro atoms. The van der Waals surface area contributed by atoms with Crippen LogP contribution >= 0.6 is 11.6 Å². The number of aliphatic hydroxyl groups is 1. The molecular formula is C18H19ClO2. The third-order valence-corrected chi connectivity index (χ3v) is 4.41. The van der Waals surface area contributed by atoms with Gasteiger partial charge in [0, 0.05) is 10.6 Å². The van der Waals surface area contributed by atoms with Crippen molar-refractivity contribution >= 4 is 11.6 Å². The Hall–Kier alpha value is -1.51. The molecule has 2 nitrogen and oxygen atoms in total. The van der Waals surface area contributed by atoms with Gasteiger partial charge in [0.25, 0.3) is 0 Å². The first kappa shape index (κ1) is 14.4. The van der Waals surface area contributed by atoms with Crippen LogP contribution < -0.4 is 4.74 Å². The second kappa shape index (κ2) is 6.08. The van der Waals surface area contributed by atoms with Gasteiger partial charge in [-0.15, -0.1) is 0 Å². The minimum Gasteiger partial charge on any atom is -0.496 e. The van der Waals surface area contributed by atoms with E-state index < -0.39 is 6.10 Å². The molecule has 0 amide bonds. The summed E-state index contributed by atoms with van der Waals surface area (Å²) in [7, 11) is 1.60. The van der Waals surface area contributed by atoms with Crippen molar-refractivity contribution in [2.24, 2.45) is 0 Å². The number of benzene rings is 2. The summed E-state index contributed by atoms with van der Waals surface area (Å²) in [6.07, 6.45) is 4.02. The zero-order valence-electron chi connectivity index (χ0n) is 12.1. The Kier molecular flexibility index (Phi) is 4.18. The van der Waals surface area contributed by atoms with Gasteiger partial charge >= 0.3 is 0 Å². The van der Waals surface area contributed by atoms with Crippen molar-refractivity contribution in [1.82, 2.24) is 0 Å². The van der Waals surface area contributed by atoms with Crippen molar-refractivity contribution < 1.29 is 9.84 Å². The molecule has 0 heterocycles. The maximum atomic E-state index is 10.7. The van der Waals surface area contributed by atoms with E-state index in [0.29, 0.717) is 16.3 Å². The fraction of sp³-hybridized carbons (Fsp3) is 0.333. The summed E-state index contributed by atoms with van der Waals surface area (Å²) in [6, 6.07) is 11.6. The molecular weight excluding hydrogens is 284 g/mol. The Morgan fingerprint density at radius 2 is 1.81 bits per heavy atom. The third kappa shape index (κ3) is 2.92. The minimum absolute atomic E-state index is 0.600. The van der Waals surface area contributed by atoms with E-state index in [2.05, 4.69) is 12.1 Å². The van der Waals surface area contributed by atoms with Crippen molar-refractivity contribution in [3.63, 3.8) is 0 Å². The topological polar surface area (TPSA) is 29.5 Å². The van der Waals surface area contributed by atoms with Gasteiger partial charge in [-0.2, -0.15) is 0 Å². The summed E-state index contributed by atoms with van der Waals surface area (Å²) in [5.74, 6) is 0.657. The molecule has 1 unspecified atom stereocenters. The number of hydrogen-bond donors (Lipinski definition) is 1. The Balaban J connectivity index is 1.98. The average molecular weight is 303 g/mol. The standard InChI is InChI=1S/C18H19ClO2/c1-21-17-9-8-15(19)11-16(17)18(20)14-7-6-12-4-2-3-5-13(12)10-14/h6-11,18,20H,2-5H2,1H3. The molecule has 0 fully saturated rings. The van der Waals surface area contributed by atoms with Crippen LogP contribution in [0.2, 0.25) is 5.02 Å². The quantitative estimate of drug-likeness (QED) is 0.915. The average Bonchev–Trinajstić information content (AvgIpc) is 2.53. The highest BCUT2D eigenvalue weighted by molar-refractivity contribution is 6.30. The number of methoxy groups -OCH3 is 1. The largest absolute Gasteiger partial charge is 0.496 e. The van der Waals surface area contributed by atoms with Crippen molar-refractivity contribution in [3.8, 4) is 5.75 Å². The van der Waals surface area contributed by atoms with Crippen molar-refractivity contribution in [3.05, 3.63) is 63.7 Å². The van der Waals surface area contributed by atoms with Crippen molar-refractivity contribution in [2.45, 2.75) is 31.8 Å². The first-order valence-electron chi connectivity index (χ1n) is 7.32. The van der Waals surface area contributed by atoms with Crippen LogP contribution in [-0.2, 0) is 12.8 Å². The molecule has 3 rings (SSSR count). The predicted molar refractivity (Wildman–Crippen MR) is 85.1 cm³/mol. The van der Waals surface area contributed by atoms with Crippen LogP contribution in [0.1, 0.15) is 41.2 Å². The lowest BCUT2D eigenvalue weighted by Crippen LogP contribution is -2.07. The molecule has 1 atom stereocenters. The maximum Gasteiger partial charge on any atom is 0.125 e. The maximum absolute atomic E-state index is 10.7. The number of hydrogen-bond acceptors (Lipinski definition) is 2. The number of halogens is 1. The summed E-state index contributed by atoms with van der Waals surface area (Å²) >= 11 is 6.05. The van der Waals surface area contributed by atoms with E-state index in [4.69, 9.17) is 16.3 Å². The fourth-order valence-corrected chi connectivity index (χ4v) is 3.20. The van der Waals surface area contributed by atoms with Crippen LogP contribution in [0.15, 0.2) is 36.4 Å². The third-order valence-electron chi connectivity index (χ3n) is 4.17. The van der Waals surface area contributed by atoms with Crippen molar-refractivity contribution in [2.75, 3.05) is 7.11 Å². The normalized spacial score (nSPS) is 15.4. The van der Waals surface area contributed by atoms with E-state index in [1.807, 2.05) is 6.07 Å². The Bertz CT molecular complexity index is 652. The second-order valence-electron chi connectivity index (χ2n) is 5.52. The Morgan fingerprint density at radius 3 is 2.57 bits per heavy atom. The van der Waals surface area contributed by atoms with Gasteiger partial charge in [-0.25, -0.2) is 0 Å². The number of aliphatic hydroxyl groups excluding tert-OH is 1. The highest BCUT2D eigenvalue weighted by Crippen LogP contribution is 2.34. The second-order valence-corrected chi connectivity index (χ2v) is 5.96. The molecule has 110 valence electrons. The molecule has 3 heteroatoms. The molecule has 0 aromatic heterocycles. The lowest BCUT2D eigenvalue weighted by Gasteiger charge is -2.20. The van der Waals surface area contributed by atoms with E-state index in [0.717, 1.165) is 18.4 Å². The lowest BCUT2D eigenvalue weighted by molar-refractivity contribution is 0.214. The molecule has 2 aromatic rings. The summed E-state index contributed by atoms with van der Waals surface area (Å²) in [4.78, 5) is 0. The summed E-state index contributed by atoms with van der Waals surface area (Å²) in [5.41, 5.74) is 4.38. The van der Waals surface area contributed by atoms with E-state index in [9.17, 15) is 5.11 Å². The molecule has 0 saturated carbocycles. The van der Waals surface area contributed by atoms with E-state index >= 15 is 0 Å². The number of fused-ring (bicyclic) bond motifs is 1. The smallest absolute Gasteiger partial charge is 0.125 e. The highest BCUT2D eigenvalue weighted by atomic mass is 35.5. The molecule has 1 aliphatic rings. The van der Waals surface area contributed by atoms with Crippen LogP contribution in [0.5, 0.6) is 5.75 Å². The Morgan fingerprint density at radius 1 is 1.05 bits per heavy atom. The summed E-state index contributed by atoms with van der Waals surface area (Å²) in [6.45, 7) is 0. The summed E-state index contributed by atoms with van der Waals surface area (Å²) in [5, 5.41) is 11.3. The molecule has 1 aliphatic carbocycles.